The van der Waals surface area contributed by atoms with Crippen molar-refractivity contribution in [2.75, 3.05) is 0 Å². The SMILES string of the molecule is CC(C)[C@@H]1CC[C@@H](C)C[C@H]1OC(=O)N1C(=O)c2cc(F)ccc2C1C. The van der Waals surface area contributed by atoms with Gasteiger partial charge in [0.1, 0.15) is 11.9 Å². The predicted octanol–water partition coefficient (Wildman–Crippen LogP) is 4.94. The number of ether oxygens (including phenoxy) is 1. The van der Waals surface area contributed by atoms with Gasteiger partial charge >= 0.3 is 6.09 Å². The van der Waals surface area contributed by atoms with E-state index >= 15 is 0 Å². The molecule has 1 fully saturated rings. The Balaban J connectivity index is 1.78. The first-order valence-electron chi connectivity index (χ1n) is 9.13. The quantitative estimate of drug-likeness (QED) is 0.761. The van der Waals surface area contributed by atoms with E-state index in [0.29, 0.717) is 23.3 Å². The summed E-state index contributed by atoms with van der Waals surface area (Å²) < 4.78 is 19.3. The van der Waals surface area contributed by atoms with E-state index in [2.05, 4.69) is 20.8 Å². The number of nitrogens with zero attached hydrogens (tertiary/aromatic N) is 1. The van der Waals surface area contributed by atoms with Crippen molar-refractivity contribution >= 4 is 12.0 Å². The van der Waals surface area contributed by atoms with Crippen LogP contribution in [0, 0.1) is 23.6 Å². The van der Waals surface area contributed by atoms with E-state index in [-0.39, 0.29) is 11.7 Å². The molecule has 1 aliphatic carbocycles. The van der Waals surface area contributed by atoms with Gasteiger partial charge < -0.3 is 4.74 Å². The maximum atomic E-state index is 13.5. The molecule has 2 aliphatic rings. The standard InChI is InChI=1S/C20H26FNO3/c1-11(2)15-7-5-12(3)9-18(15)25-20(24)22-13(4)16-8-6-14(21)10-17(16)19(22)23/h6,8,10-13,15,18H,5,7,9H2,1-4H3/t12-,13?,15+,18-/m1/s1. The van der Waals surface area contributed by atoms with Crippen molar-refractivity contribution in [3.05, 3.63) is 35.1 Å². The molecule has 0 spiro atoms. The van der Waals surface area contributed by atoms with Crippen molar-refractivity contribution < 1.29 is 18.7 Å². The van der Waals surface area contributed by atoms with Crippen molar-refractivity contribution in [2.45, 2.75) is 59.1 Å². The lowest BCUT2D eigenvalue weighted by atomic mass is 9.75. The highest BCUT2D eigenvalue weighted by atomic mass is 19.1. The van der Waals surface area contributed by atoms with Crippen LogP contribution < -0.4 is 0 Å². The van der Waals surface area contributed by atoms with Gasteiger partial charge in [-0.15, -0.1) is 0 Å². The van der Waals surface area contributed by atoms with Crippen LogP contribution in [0.25, 0.3) is 0 Å². The van der Waals surface area contributed by atoms with Crippen molar-refractivity contribution in [3.63, 3.8) is 0 Å². The van der Waals surface area contributed by atoms with Crippen LogP contribution >= 0.6 is 0 Å². The summed E-state index contributed by atoms with van der Waals surface area (Å²) >= 11 is 0. The van der Waals surface area contributed by atoms with Gasteiger partial charge in [0.2, 0.25) is 0 Å². The van der Waals surface area contributed by atoms with E-state index in [9.17, 15) is 14.0 Å². The van der Waals surface area contributed by atoms with E-state index in [1.165, 1.54) is 12.1 Å². The Morgan fingerprint density at radius 1 is 1.28 bits per heavy atom. The van der Waals surface area contributed by atoms with Crippen LogP contribution in [0.4, 0.5) is 9.18 Å². The fourth-order valence-corrected chi connectivity index (χ4v) is 4.20. The third-order valence-electron chi connectivity index (χ3n) is 5.71. The summed E-state index contributed by atoms with van der Waals surface area (Å²) in [6.45, 7) is 8.22. The van der Waals surface area contributed by atoms with Crippen molar-refractivity contribution in [2.24, 2.45) is 17.8 Å². The minimum Gasteiger partial charge on any atom is -0.445 e. The molecular formula is C20H26FNO3. The summed E-state index contributed by atoms with van der Waals surface area (Å²) in [6, 6.07) is 3.64. The maximum absolute atomic E-state index is 13.5. The van der Waals surface area contributed by atoms with Gasteiger partial charge in [-0.05, 0) is 55.2 Å². The van der Waals surface area contributed by atoms with Gasteiger partial charge in [-0.1, -0.05) is 33.3 Å². The average Bonchev–Trinajstić information content (AvgIpc) is 2.78. The summed E-state index contributed by atoms with van der Waals surface area (Å²) in [5.41, 5.74) is 0.919. The molecular weight excluding hydrogens is 321 g/mol. The van der Waals surface area contributed by atoms with Gasteiger partial charge in [0.15, 0.2) is 0 Å². The predicted molar refractivity (Wildman–Crippen MR) is 92.6 cm³/mol. The molecule has 1 aliphatic heterocycles. The fraction of sp³-hybridized carbons (Fsp3) is 0.600. The van der Waals surface area contributed by atoms with Crippen LogP contribution in [-0.4, -0.2) is 23.0 Å². The Hall–Kier alpha value is -1.91. The molecule has 0 radical (unpaired) electrons. The molecule has 5 heteroatoms. The van der Waals surface area contributed by atoms with E-state index in [4.69, 9.17) is 4.74 Å². The Morgan fingerprint density at radius 3 is 2.68 bits per heavy atom. The number of amides is 2. The number of imide groups is 1. The van der Waals surface area contributed by atoms with Crippen LogP contribution in [0.2, 0.25) is 0 Å². The second kappa shape index (κ2) is 6.77. The third kappa shape index (κ3) is 3.29. The van der Waals surface area contributed by atoms with Gasteiger partial charge in [-0.25, -0.2) is 14.1 Å². The molecule has 2 amide bonds. The number of hydrogen-bond acceptors (Lipinski definition) is 3. The summed E-state index contributed by atoms with van der Waals surface area (Å²) in [7, 11) is 0. The number of hydrogen-bond donors (Lipinski definition) is 0. The molecule has 1 saturated carbocycles. The number of carbonyl (C=O) groups excluding carboxylic acids is 2. The molecule has 4 atom stereocenters. The smallest absolute Gasteiger partial charge is 0.417 e. The zero-order chi connectivity index (χ0) is 18.3. The molecule has 0 saturated heterocycles. The zero-order valence-corrected chi connectivity index (χ0v) is 15.3. The fourth-order valence-electron chi connectivity index (χ4n) is 4.20. The number of rotatable bonds is 2. The van der Waals surface area contributed by atoms with Crippen molar-refractivity contribution in [3.8, 4) is 0 Å². The summed E-state index contributed by atoms with van der Waals surface area (Å²) in [6.07, 6.45) is 2.22. The van der Waals surface area contributed by atoms with Crippen molar-refractivity contribution in [1.82, 2.24) is 4.90 Å². The molecule has 1 heterocycles. The second-order valence-corrected chi connectivity index (χ2v) is 7.83. The minimum absolute atomic E-state index is 0.170. The minimum atomic E-state index is -0.612. The van der Waals surface area contributed by atoms with E-state index in [0.717, 1.165) is 24.2 Å². The summed E-state index contributed by atoms with van der Waals surface area (Å²) in [5.74, 6) is 0.287. The Kier molecular flexibility index (Phi) is 4.85. The lowest BCUT2D eigenvalue weighted by Crippen LogP contribution is -2.41. The number of benzene rings is 1. The summed E-state index contributed by atoms with van der Waals surface area (Å²) in [4.78, 5) is 26.5. The lowest BCUT2D eigenvalue weighted by molar-refractivity contribution is -0.0107. The molecule has 0 aromatic heterocycles. The van der Waals surface area contributed by atoms with E-state index < -0.39 is 23.9 Å². The molecule has 0 N–H and O–H groups in total. The number of carbonyl (C=O) groups is 2. The van der Waals surface area contributed by atoms with E-state index in [1.54, 1.807) is 13.0 Å². The van der Waals surface area contributed by atoms with Gasteiger partial charge in [0.25, 0.3) is 5.91 Å². The monoisotopic (exact) mass is 347 g/mol. The van der Waals surface area contributed by atoms with Gasteiger partial charge in [-0.3, -0.25) is 4.79 Å². The van der Waals surface area contributed by atoms with Gasteiger partial charge in [0.05, 0.1) is 6.04 Å². The van der Waals surface area contributed by atoms with Crippen LogP contribution in [0.1, 0.15) is 68.9 Å². The molecule has 136 valence electrons. The normalized spacial score (nSPS) is 29.0. The number of halogens is 1. The zero-order valence-electron chi connectivity index (χ0n) is 15.3. The highest BCUT2D eigenvalue weighted by Crippen LogP contribution is 2.38. The highest BCUT2D eigenvalue weighted by molar-refractivity contribution is 6.07. The molecule has 3 rings (SSSR count). The average molecular weight is 347 g/mol. The lowest BCUT2D eigenvalue weighted by Gasteiger charge is -2.37. The van der Waals surface area contributed by atoms with Crippen LogP contribution in [0.5, 0.6) is 0 Å². The van der Waals surface area contributed by atoms with Gasteiger partial charge in [0, 0.05) is 5.56 Å². The molecule has 1 aromatic carbocycles. The molecule has 4 nitrogen and oxygen atoms in total. The second-order valence-electron chi connectivity index (χ2n) is 7.83. The molecule has 0 bridgehead atoms. The maximum Gasteiger partial charge on any atom is 0.417 e. The van der Waals surface area contributed by atoms with Crippen LogP contribution in [0.15, 0.2) is 18.2 Å². The first kappa shape index (κ1) is 17.9. The largest absolute Gasteiger partial charge is 0.445 e. The molecule has 1 aromatic rings. The van der Waals surface area contributed by atoms with Crippen molar-refractivity contribution in [1.29, 1.82) is 0 Å². The Morgan fingerprint density at radius 2 is 2.00 bits per heavy atom. The molecule has 25 heavy (non-hydrogen) atoms. The van der Waals surface area contributed by atoms with Crippen LogP contribution in [-0.2, 0) is 4.74 Å². The topological polar surface area (TPSA) is 46.6 Å². The first-order chi connectivity index (χ1) is 11.8. The van der Waals surface area contributed by atoms with Crippen LogP contribution in [0.3, 0.4) is 0 Å². The Bertz CT molecular complexity index is 688. The van der Waals surface area contributed by atoms with E-state index in [1.807, 2.05) is 0 Å². The number of fused-ring (bicyclic) bond motifs is 1. The third-order valence-corrected chi connectivity index (χ3v) is 5.71. The highest BCUT2D eigenvalue weighted by Gasteiger charge is 2.42. The molecule has 1 unspecified atom stereocenters. The first-order valence-corrected chi connectivity index (χ1v) is 9.13. The Labute approximate surface area is 148 Å². The summed E-state index contributed by atoms with van der Waals surface area (Å²) in [5, 5.41) is 0. The van der Waals surface area contributed by atoms with Gasteiger partial charge in [-0.2, -0.15) is 0 Å².